The summed E-state index contributed by atoms with van der Waals surface area (Å²) < 4.78 is 0. The normalized spacial score (nSPS) is 19.8. The fourth-order valence-corrected chi connectivity index (χ4v) is 1.98. The molecule has 6 nitrogen and oxygen atoms in total. The van der Waals surface area contributed by atoms with Gasteiger partial charge in [0, 0.05) is 25.1 Å². The number of anilines is 1. The Morgan fingerprint density at radius 3 is 2.76 bits per heavy atom. The van der Waals surface area contributed by atoms with E-state index in [1.165, 1.54) is 11.0 Å². The fourth-order valence-electron chi connectivity index (χ4n) is 1.98. The highest BCUT2D eigenvalue weighted by Gasteiger charge is 2.32. The number of hydrogen-bond acceptors (Lipinski definition) is 4. The molecule has 0 aliphatic carbocycles. The molecular weight excluding hydrogens is 222 g/mol. The Labute approximate surface area is 98.2 Å². The average Bonchev–Trinajstić information content (AvgIpc) is 2.57. The van der Waals surface area contributed by atoms with Crippen LogP contribution in [0.25, 0.3) is 0 Å². The first-order valence-corrected chi connectivity index (χ1v) is 5.30. The Balaban J connectivity index is 2.45. The van der Waals surface area contributed by atoms with Crippen LogP contribution < -0.4 is 10.6 Å². The molecule has 1 aromatic rings. The molecule has 1 atom stereocenters. The highest BCUT2D eigenvalue weighted by atomic mass is 16.6. The number of nitrogens with zero attached hydrogens (tertiary/aromatic N) is 2. The number of aryl methyl sites for hydroxylation is 1. The van der Waals surface area contributed by atoms with Crippen LogP contribution in [0, 0.1) is 17.0 Å². The SMILES string of the molecule is Cc1ccc(N2CC(N)CC2=O)c([N+](=O)[O-])c1. The molecule has 1 fully saturated rings. The van der Waals surface area contributed by atoms with Gasteiger partial charge in [-0.3, -0.25) is 14.9 Å². The van der Waals surface area contributed by atoms with Crippen LogP contribution in [0.4, 0.5) is 11.4 Å². The lowest BCUT2D eigenvalue weighted by atomic mass is 10.2. The van der Waals surface area contributed by atoms with Crippen molar-refractivity contribution in [1.29, 1.82) is 0 Å². The molecule has 0 spiro atoms. The molecule has 0 saturated carbocycles. The number of nitrogens with two attached hydrogens (primary N) is 1. The minimum absolute atomic E-state index is 0.0487. The zero-order valence-electron chi connectivity index (χ0n) is 9.42. The number of amides is 1. The van der Waals surface area contributed by atoms with E-state index in [9.17, 15) is 14.9 Å². The van der Waals surface area contributed by atoms with Gasteiger partial charge >= 0.3 is 0 Å². The molecule has 1 aromatic carbocycles. The quantitative estimate of drug-likeness (QED) is 0.610. The number of hydrogen-bond donors (Lipinski definition) is 1. The molecule has 1 aliphatic rings. The Hall–Kier alpha value is -1.95. The summed E-state index contributed by atoms with van der Waals surface area (Å²) in [7, 11) is 0. The van der Waals surface area contributed by atoms with E-state index in [2.05, 4.69) is 0 Å². The maximum atomic E-state index is 11.7. The Kier molecular flexibility index (Phi) is 2.81. The van der Waals surface area contributed by atoms with Gasteiger partial charge in [-0.25, -0.2) is 0 Å². The average molecular weight is 235 g/mol. The predicted octanol–water partition coefficient (Wildman–Crippen LogP) is 0.967. The van der Waals surface area contributed by atoms with Crippen LogP contribution in [-0.2, 0) is 4.79 Å². The second kappa shape index (κ2) is 4.14. The molecule has 1 saturated heterocycles. The lowest BCUT2D eigenvalue weighted by Gasteiger charge is -2.16. The van der Waals surface area contributed by atoms with E-state index >= 15 is 0 Å². The number of benzene rings is 1. The van der Waals surface area contributed by atoms with Crippen molar-refractivity contribution < 1.29 is 9.72 Å². The zero-order valence-corrected chi connectivity index (χ0v) is 9.42. The van der Waals surface area contributed by atoms with Crippen molar-refractivity contribution in [2.75, 3.05) is 11.4 Å². The van der Waals surface area contributed by atoms with Gasteiger partial charge in [-0.05, 0) is 18.6 Å². The van der Waals surface area contributed by atoms with E-state index in [0.717, 1.165) is 5.56 Å². The Morgan fingerprint density at radius 2 is 2.24 bits per heavy atom. The van der Waals surface area contributed by atoms with E-state index in [4.69, 9.17) is 5.73 Å². The number of carbonyl (C=O) groups excluding carboxylic acids is 1. The second-order valence-corrected chi connectivity index (χ2v) is 4.22. The topological polar surface area (TPSA) is 89.5 Å². The molecule has 90 valence electrons. The third-order valence-corrected chi connectivity index (χ3v) is 2.77. The largest absolute Gasteiger partial charge is 0.326 e. The number of nitro groups is 1. The van der Waals surface area contributed by atoms with E-state index in [1.54, 1.807) is 19.1 Å². The first kappa shape index (κ1) is 11.5. The van der Waals surface area contributed by atoms with Crippen LogP contribution in [0.3, 0.4) is 0 Å². The summed E-state index contributed by atoms with van der Waals surface area (Å²) in [5.74, 6) is -0.163. The van der Waals surface area contributed by atoms with Crippen molar-refractivity contribution in [3.05, 3.63) is 33.9 Å². The lowest BCUT2D eigenvalue weighted by Crippen LogP contribution is -2.28. The van der Waals surface area contributed by atoms with Crippen molar-refractivity contribution in [1.82, 2.24) is 0 Å². The molecule has 1 aliphatic heterocycles. The number of carbonyl (C=O) groups is 1. The minimum Gasteiger partial charge on any atom is -0.326 e. The summed E-state index contributed by atoms with van der Waals surface area (Å²) in [5.41, 5.74) is 6.75. The van der Waals surface area contributed by atoms with E-state index in [1.807, 2.05) is 0 Å². The van der Waals surface area contributed by atoms with E-state index in [0.29, 0.717) is 12.2 Å². The Bertz CT molecular complexity index is 487. The molecule has 2 rings (SSSR count). The van der Waals surface area contributed by atoms with E-state index in [-0.39, 0.29) is 24.1 Å². The molecule has 6 heteroatoms. The van der Waals surface area contributed by atoms with Gasteiger partial charge in [0.05, 0.1) is 4.92 Å². The second-order valence-electron chi connectivity index (χ2n) is 4.22. The minimum atomic E-state index is -0.473. The first-order valence-electron chi connectivity index (χ1n) is 5.30. The monoisotopic (exact) mass is 235 g/mol. The lowest BCUT2D eigenvalue weighted by molar-refractivity contribution is -0.384. The van der Waals surface area contributed by atoms with Gasteiger partial charge in [-0.15, -0.1) is 0 Å². The molecule has 1 amide bonds. The van der Waals surface area contributed by atoms with Gasteiger partial charge < -0.3 is 10.6 Å². The molecule has 1 unspecified atom stereocenters. The zero-order chi connectivity index (χ0) is 12.6. The summed E-state index contributed by atoms with van der Waals surface area (Å²) in [6.45, 7) is 2.11. The summed E-state index contributed by atoms with van der Waals surface area (Å²) >= 11 is 0. The molecular formula is C11H13N3O3. The van der Waals surface area contributed by atoms with Crippen LogP contribution >= 0.6 is 0 Å². The molecule has 0 radical (unpaired) electrons. The van der Waals surface area contributed by atoms with Crippen LogP contribution in [0.2, 0.25) is 0 Å². The predicted molar refractivity (Wildman–Crippen MR) is 62.8 cm³/mol. The van der Waals surface area contributed by atoms with Crippen LogP contribution in [0.5, 0.6) is 0 Å². The van der Waals surface area contributed by atoms with Gasteiger partial charge in [-0.2, -0.15) is 0 Å². The third-order valence-electron chi connectivity index (χ3n) is 2.77. The summed E-state index contributed by atoms with van der Waals surface area (Å²) in [5, 5.41) is 11.0. The molecule has 1 heterocycles. The van der Waals surface area contributed by atoms with Crippen molar-refractivity contribution >= 4 is 17.3 Å². The van der Waals surface area contributed by atoms with E-state index < -0.39 is 4.92 Å². The summed E-state index contributed by atoms with van der Waals surface area (Å²) in [6, 6.07) is 4.57. The van der Waals surface area contributed by atoms with Crippen molar-refractivity contribution in [3.63, 3.8) is 0 Å². The fraction of sp³-hybridized carbons (Fsp3) is 0.364. The van der Waals surface area contributed by atoms with Gasteiger partial charge in [0.1, 0.15) is 5.69 Å². The van der Waals surface area contributed by atoms with Crippen LogP contribution in [0.1, 0.15) is 12.0 Å². The summed E-state index contributed by atoms with van der Waals surface area (Å²) in [4.78, 5) is 23.5. The molecule has 0 bridgehead atoms. The number of rotatable bonds is 2. The van der Waals surface area contributed by atoms with Crippen molar-refractivity contribution in [2.24, 2.45) is 5.73 Å². The molecule has 17 heavy (non-hydrogen) atoms. The van der Waals surface area contributed by atoms with Crippen LogP contribution in [0.15, 0.2) is 18.2 Å². The van der Waals surface area contributed by atoms with Gasteiger partial charge in [0.15, 0.2) is 0 Å². The standard InChI is InChI=1S/C11H13N3O3/c1-7-2-3-9(10(4-7)14(16)17)13-6-8(12)5-11(13)15/h2-4,8H,5-6,12H2,1H3. The van der Waals surface area contributed by atoms with Crippen molar-refractivity contribution in [3.8, 4) is 0 Å². The van der Waals surface area contributed by atoms with Gasteiger partial charge in [0.2, 0.25) is 5.91 Å². The maximum Gasteiger partial charge on any atom is 0.293 e. The molecule has 0 aromatic heterocycles. The summed E-state index contributed by atoms with van der Waals surface area (Å²) in [6.07, 6.45) is 0.241. The maximum absolute atomic E-state index is 11.7. The molecule has 2 N–H and O–H groups in total. The van der Waals surface area contributed by atoms with Gasteiger partial charge in [0.25, 0.3) is 5.69 Å². The first-order chi connectivity index (χ1) is 7.99. The smallest absolute Gasteiger partial charge is 0.293 e. The van der Waals surface area contributed by atoms with Crippen molar-refractivity contribution in [2.45, 2.75) is 19.4 Å². The number of nitro benzene ring substituents is 1. The highest BCUT2D eigenvalue weighted by molar-refractivity contribution is 5.98. The Morgan fingerprint density at radius 1 is 1.53 bits per heavy atom. The van der Waals surface area contributed by atoms with Gasteiger partial charge in [-0.1, -0.05) is 6.07 Å². The highest BCUT2D eigenvalue weighted by Crippen LogP contribution is 2.31. The third kappa shape index (κ3) is 2.12. The van der Waals surface area contributed by atoms with Crippen LogP contribution in [-0.4, -0.2) is 23.4 Å².